The van der Waals surface area contributed by atoms with E-state index in [1.807, 2.05) is 0 Å². The summed E-state index contributed by atoms with van der Waals surface area (Å²) in [7, 11) is 1.17. The molecule has 5 nitrogen and oxygen atoms in total. The van der Waals surface area contributed by atoms with Crippen molar-refractivity contribution in [2.75, 3.05) is 13.7 Å². The summed E-state index contributed by atoms with van der Waals surface area (Å²) in [4.78, 5) is 10.7. The molecule has 1 aromatic rings. The van der Waals surface area contributed by atoms with E-state index in [0.717, 1.165) is 12.1 Å². The van der Waals surface area contributed by atoms with Gasteiger partial charge in [0.2, 0.25) is 11.7 Å². The van der Waals surface area contributed by atoms with Gasteiger partial charge in [-0.05, 0) is 24.1 Å². The maximum absolute atomic E-state index is 13.3. The first-order valence-electron chi connectivity index (χ1n) is 6.00. The van der Waals surface area contributed by atoms with Gasteiger partial charge in [-0.3, -0.25) is 4.79 Å². The Morgan fingerprint density at radius 3 is 2.60 bits per heavy atom. The molecule has 2 atom stereocenters. The fourth-order valence-electron chi connectivity index (χ4n) is 1.68. The summed E-state index contributed by atoms with van der Waals surface area (Å²) < 4.78 is 31.2. The molecule has 0 aliphatic carbocycles. The van der Waals surface area contributed by atoms with Gasteiger partial charge in [-0.25, -0.2) is 4.39 Å². The van der Waals surface area contributed by atoms with Gasteiger partial charge in [-0.1, -0.05) is 0 Å². The molecule has 0 saturated carbocycles. The smallest absolute Gasteiger partial charge is 0.216 e. The Balaban J connectivity index is 2.78. The molecule has 3 N–H and O–H groups in total. The van der Waals surface area contributed by atoms with Crippen LogP contribution in [0.25, 0.3) is 0 Å². The standard InChI is InChI=1S/C13H17F2NO4/c1-7(17)16-4-3-10(18)13(19)8-5-9(14)12(15)11(6-8)20-2/h5-6,10,13,18-19H,3-4H2,1-2H3,(H,16,17). The summed E-state index contributed by atoms with van der Waals surface area (Å²) in [5.41, 5.74) is -0.00363. The number of nitrogens with one attached hydrogen (secondary N) is 1. The molecule has 112 valence electrons. The number of ether oxygens (including phenoxy) is 1. The van der Waals surface area contributed by atoms with Crippen molar-refractivity contribution in [3.05, 3.63) is 29.3 Å². The van der Waals surface area contributed by atoms with Crippen LogP contribution >= 0.6 is 0 Å². The second-order valence-corrected chi connectivity index (χ2v) is 4.30. The van der Waals surface area contributed by atoms with Gasteiger partial charge < -0.3 is 20.3 Å². The van der Waals surface area contributed by atoms with Crippen molar-refractivity contribution >= 4 is 5.91 Å². The van der Waals surface area contributed by atoms with E-state index >= 15 is 0 Å². The van der Waals surface area contributed by atoms with Crippen molar-refractivity contribution in [3.63, 3.8) is 0 Å². The van der Waals surface area contributed by atoms with E-state index in [1.165, 1.54) is 14.0 Å². The van der Waals surface area contributed by atoms with Gasteiger partial charge in [0.15, 0.2) is 11.6 Å². The van der Waals surface area contributed by atoms with Crippen molar-refractivity contribution in [2.24, 2.45) is 0 Å². The fraction of sp³-hybridized carbons (Fsp3) is 0.462. The van der Waals surface area contributed by atoms with Gasteiger partial charge in [0, 0.05) is 13.5 Å². The number of hydrogen-bond acceptors (Lipinski definition) is 4. The van der Waals surface area contributed by atoms with Crippen LogP contribution in [-0.4, -0.2) is 35.9 Å². The highest BCUT2D eigenvalue weighted by molar-refractivity contribution is 5.72. The summed E-state index contributed by atoms with van der Waals surface area (Å²) >= 11 is 0. The lowest BCUT2D eigenvalue weighted by atomic mass is 10.0. The normalized spacial score (nSPS) is 13.7. The molecule has 0 spiro atoms. The third-order valence-electron chi connectivity index (χ3n) is 2.76. The molecule has 0 bridgehead atoms. The van der Waals surface area contributed by atoms with E-state index < -0.39 is 23.8 Å². The van der Waals surface area contributed by atoms with Crippen molar-refractivity contribution in [1.82, 2.24) is 5.32 Å². The molecule has 0 heterocycles. The number of methoxy groups -OCH3 is 1. The second-order valence-electron chi connectivity index (χ2n) is 4.30. The molecule has 0 radical (unpaired) electrons. The Kier molecular flexibility index (Phi) is 5.84. The lowest BCUT2D eigenvalue weighted by Crippen LogP contribution is -2.27. The molecule has 7 heteroatoms. The van der Waals surface area contributed by atoms with Gasteiger partial charge in [0.05, 0.1) is 13.2 Å². The van der Waals surface area contributed by atoms with E-state index in [2.05, 4.69) is 10.1 Å². The summed E-state index contributed by atoms with van der Waals surface area (Å²) in [6.45, 7) is 1.48. The fourth-order valence-corrected chi connectivity index (χ4v) is 1.68. The molecule has 0 aliphatic rings. The van der Waals surface area contributed by atoms with Crippen molar-refractivity contribution in [1.29, 1.82) is 0 Å². The molecule has 0 fully saturated rings. The third kappa shape index (κ3) is 4.14. The number of benzene rings is 1. The van der Waals surface area contributed by atoms with Crippen LogP contribution in [0, 0.1) is 11.6 Å². The number of halogens is 2. The maximum atomic E-state index is 13.3. The largest absolute Gasteiger partial charge is 0.494 e. The zero-order valence-electron chi connectivity index (χ0n) is 11.2. The number of carbonyl (C=O) groups is 1. The lowest BCUT2D eigenvalue weighted by Gasteiger charge is -2.19. The Labute approximate surface area is 115 Å². The minimum absolute atomic E-state index is 0.00363. The number of hydrogen-bond donors (Lipinski definition) is 3. The third-order valence-corrected chi connectivity index (χ3v) is 2.76. The van der Waals surface area contributed by atoms with Crippen molar-refractivity contribution in [2.45, 2.75) is 25.6 Å². The van der Waals surface area contributed by atoms with Crippen LogP contribution in [0.1, 0.15) is 25.0 Å². The van der Waals surface area contributed by atoms with Gasteiger partial charge >= 0.3 is 0 Å². The van der Waals surface area contributed by atoms with E-state index in [4.69, 9.17) is 0 Å². The van der Waals surface area contributed by atoms with Crippen LogP contribution in [0.4, 0.5) is 8.78 Å². The first kappa shape index (κ1) is 16.3. The predicted octanol–water partition coefficient (Wildman–Crippen LogP) is 0.894. The molecule has 0 saturated heterocycles. The lowest BCUT2D eigenvalue weighted by molar-refractivity contribution is -0.119. The highest BCUT2D eigenvalue weighted by Crippen LogP contribution is 2.27. The van der Waals surface area contributed by atoms with Gasteiger partial charge in [-0.15, -0.1) is 0 Å². The zero-order valence-corrected chi connectivity index (χ0v) is 11.2. The van der Waals surface area contributed by atoms with Crippen molar-refractivity contribution < 1.29 is 28.5 Å². The van der Waals surface area contributed by atoms with Gasteiger partial charge in [0.25, 0.3) is 0 Å². The molecule has 1 aromatic carbocycles. The zero-order chi connectivity index (χ0) is 15.3. The maximum Gasteiger partial charge on any atom is 0.216 e. The number of rotatable bonds is 6. The average Bonchev–Trinajstić information content (AvgIpc) is 2.40. The first-order valence-corrected chi connectivity index (χ1v) is 6.00. The number of aliphatic hydroxyl groups is 2. The molecule has 1 rings (SSSR count). The molecule has 1 amide bonds. The molecule has 0 aromatic heterocycles. The van der Waals surface area contributed by atoms with Crippen LogP contribution in [-0.2, 0) is 4.79 Å². The monoisotopic (exact) mass is 289 g/mol. The van der Waals surface area contributed by atoms with E-state index in [1.54, 1.807) is 0 Å². The van der Waals surface area contributed by atoms with E-state index in [-0.39, 0.29) is 30.2 Å². The minimum atomic E-state index is -1.41. The van der Waals surface area contributed by atoms with Gasteiger partial charge in [0.1, 0.15) is 6.10 Å². The molecule has 2 unspecified atom stereocenters. The quantitative estimate of drug-likeness (QED) is 0.727. The Morgan fingerprint density at radius 2 is 2.05 bits per heavy atom. The van der Waals surface area contributed by atoms with E-state index in [0.29, 0.717) is 0 Å². The van der Waals surface area contributed by atoms with Crippen LogP contribution in [0.3, 0.4) is 0 Å². The number of amides is 1. The highest BCUT2D eigenvalue weighted by atomic mass is 19.2. The Bertz CT molecular complexity index is 482. The molecular weight excluding hydrogens is 272 g/mol. The van der Waals surface area contributed by atoms with Crippen molar-refractivity contribution in [3.8, 4) is 5.75 Å². The SMILES string of the molecule is COc1cc(C(O)C(O)CCNC(C)=O)cc(F)c1F. The van der Waals surface area contributed by atoms with Crippen LogP contribution in [0.15, 0.2) is 12.1 Å². The molecular formula is C13H17F2NO4. The summed E-state index contributed by atoms with van der Waals surface area (Å²) in [5, 5.41) is 22.1. The van der Waals surface area contributed by atoms with Crippen LogP contribution in [0.5, 0.6) is 5.75 Å². The van der Waals surface area contributed by atoms with Gasteiger partial charge in [-0.2, -0.15) is 4.39 Å². The van der Waals surface area contributed by atoms with Crippen LogP contribution in [0.2, 0.25) is 0 Å². The number of carbonyl (C=O) groups excluding carboxylic acids is 1. The number of aliphatic hydroxyl groups excluding tert-OH is 2. The summed E-state index contributed by atoms with van der Waals surface area (Å²) in [6.07, 6.45) is -2.56. The Morgan fingerprint density at radius 1 is 1.40 bits per heavy atom. The average molecular weight is 289 g/mol. The molecule has 20 heavy (non-hydrogen) atoms. The Hall–Kier alpha value is -1.73. The highest BCUT2D eigenvalue weighted by Gasteiger charge is 2.22. The van der Waals surface area contributed by atoms with E-state index in [9.17, 15) is 23.8 Å². The predicted molar refractivity (Wildman–Crippen MR) is 67.2 cm³/mol. The molecule has 0 aliphatic heterocycles. The second kappa shape index (κ2) is 7.16. The summed E-state index contributed by atoms with van der Waals surface area (Å²) in [5.74, 6) is -2.95. The minimum Gasteiger partial charge on any atom is -0.494 e. The summed E-state index contributed by atoms with van der Waals surface area (Å²) in [6, 6.07) is 1.91. The topological polar surface area (TPSA) is 78.8 Å². The first-order chi connectivity index (χ1) is 9.36. The van der Waals surface area contributed by atoms with Crippen LogP contribution < -0.4 is 10.1 Å².